The second kappa shape index (κ2) is 8.74. The summed E-state index contributed by atoms with van der Waals surface area (Å²) in [5.41, 5.74) is 6.19. The molecule has 1 saturated heterocycles. The molecule has 1 aliphatic rings. The minimum absolute atomic E-state index is 0.0312. The molecular formula is C17H26N2O4. The Hall–Kier alpha value is -1.79. The third-order valence-electron chi connectivity index (χ3n) is 3.86. The van der Waals surface area contributed by atoms with Crippen LogP contribution in [0.3, 0.4) is 0 Å². The fourth-order valence-corrected chi connectivity index (χ4v) is 2.47. The van der Waals surface area contributed by atoms with Crippen LogP contribution in [0.25, 0.3) is 0 Å². The van der Waals surface area contributed by atoms with Crippen molar-refractivity contribution >= 4 is 11.6 Å². The molecule has 23 heavy (non-hydrogen) atoms. The number of benzene rings is 1. The molecule has 1 aromatic carbocycles. The summed E-state index contributed by atoms with van der Waals surface area (Å²) in [6.07, 6.45) is 3.02. The summed E-state index contributed by atoms with van der Waals surface area (Å²) in [6, 6.07) is 5.38. The molecule has 6 heteroatoms. The van der Waals surface area contributed by atoms with Gasteiger partial charge in [0.05, 0.1) is 25.5 Å². The van der Waals surface area contributed by atoms with E-state index in [9.17, 15) is 4.79 Å². The first-order valence-corrected chi connectivity index (χ1v) is 8.15. The van der Waals surface area contributed by atoms with Crippen molar-refractivity contribution < 1.29 is 19.0 Å². The molecule has 2 rings (SSSR count). The number of carbonyl (C=O) groups excluding carboxylic acids is 1. The number of ether oxygens (including phenoxy) is 3. The van der Waals surface area contributed by atoms with Gasteiger partial charge in [0.1, 0.15) is 17.6 Å². The summed E-state index contributed by atoms with van der Waals surface area (Å²) in [7, 11) is 1.59. The van der Waals surface area contributed by atoms with E-state index < -0.39 is 6.10 Å². The summed E-state index contributed by atoms with van der Waals surface area (Å²) in [4.78, 5) is 12.4. The first-order valence-electron chi connectivity index (χ1n) is 8.15. The maximum absolute atomic E-state index is 12.4. The molecule has 0 aliphatic carbocycles. The van der Waals surface area contributed by atoms with Crippen molar-refractivity contribution in [3.8, 4) is 11.5 Å². The van der Waals surface area contributed by atoms with E-state index in [-0.39, 0.29) is 12.0 Å². The van der Waals surface area contributed by atoms with Gasteiger partial charge in [0.25, 0.3) is 5.91 Å². The van der Waals surface area contributed by atoms with Crippen LogP contribution in [0.1, 0.15) is 32.6 Å². The van der Waals surface area contributed by atoms with E-state index in [4.69, 9.17) is 19.9 Å². The Bertz CT molecular complexity index is 521. The smallest absolute Gasteiger partial charge is 0.253 e. The van der Waals surface area contributed by atoms with Crippen LogP contribution in [0, 0.1) is 0 Å². The normalized spacial score (nSPS) is 20.3. The molecule has 3 N–H and O–H groups in total. The van der Waals surface area contributed by atoms with Crippen LogP contribution < -0.4 is 20.5 Å². The van der Waals surface area contributed by atoms with Gasteiger partial charge >= 0.3 is 0 Å². The van der Waals surface area contributed by atoms with Crippen molar-refractivity contribution in [1.82, 2.24) is 0 Å². The molecule has 6 nitrogen and oxygen atoms in total. The van der Waals surface area contributed by atoms with Crippen LogP contribution in [-0.2, 0) is 9.53 Å². The van der Waals surface area contributed by atoms with Crippen molar-refractivity contribution in [2.45, 2.75) is 44.8 Å². The first-order chi connectivity index (χ1) is 11.2. The fraction of sp³-hybridized carbons (Fsp3) is 0.588. The zero-order valence-electron chi connectivity index (χ0n) is 13.8. The molecule has 0 bridgehead atoms. The molecule has 0 spiro atoms. The van der Waals surface area contributed by atoms with Gasteiger partial charge < -0.3 is 25.3 Å². The van der Waals surface area contributed by atoms with Crippen LogP contribution in [-0.4, -0.2) is 38.4 Å². The number of hydrogen-bond acceptors (Lipinski definition) is 5. The average molecular weight is 322 g/mol. The van der Waals surface area contributed by atoms with E-state index in [2.05, 4.69) is 12.2 Å². The minimum atomic E-state index is -0.460. The molecule has 1 fully saturated rings. The van der Waals surface area contributed by atoms with Gasteiger partial charge in [0.2, 0.25) is 0 Å². The largest absolute Gasteiger partial charge is 0.497 e. The highest BCUT2D eigenvalue weighted by molar-refractivity contribution is 5.95. The zero-order chi connectivity index (χ0) is 16.7. The molecule has 0 saturated carbocycles. The lowest BCUT2D eigenvalue weighted by atomic mass is 10.2. The number of anilines is 1. The number of unbranched alkanes of at least 4 members (excludes halogenated alkanes) is 1. The van der Waals surface area contributed by atoms with Gasteiger partial charge in [-0.2, -0.15) is 0 Å². The predicted molar refractivity (Wildman–Crippen MR) is 89.0 cm³/mol. The number of hydrogen-bond donors (Lipinski definition) is 2. The quantitative estimate of drug-likeness (QED) is 0.718. The van der Waals surface area contributed by atoms with Crippen LogP contribution in [0.5, 0.6) is 11.5 Å². The van der Waals surface area contributed by atoms with Crippen molar-refractivity contribution in [2.75, 3.05) is 25.6 Å². The van der Waals surface area contributed by atoms with Crippen LogP contribution in [0.4, 0.5) is 5.69 Å². The molecule has 0 unspecified atom stereocenters. The summed E-state index contributed by atoms with van der Waals surface area (Å²) in [5, 5.41) is 2.89. The Morgan fingerprint density at radius 3 is 2.91 bits per heavy atom. The third-order valence-corrected chi connectivity index (χ3v) is 3.86. The van der Waals surface area contributed by atoms with Crippen LogP contribution >= 0.6 is 0 Å². The maximum Gasteiger partial charge on any atom is 0.253 e. The van der Waals surface area contributed by atoms with E-state index >= 15 is 0 Å². The van der Waals surface area contributed by atoms with E-state index in [1.54, 1.807) is 13.2 Å². The molecule has 1 amide bonds. The Morgan fingerprint density at radius 2 is 2.26 bits per heavy atom. The topological polar surface area (TPSA) is 82.8 Å². The molecule has 1 aromatic rings. The molecule has 1 aliphatic heterocycles. The number of nitrogens with two attached hydrogens (primary N) is 1. The van der Waals surface area contributed by atoms with E-state index in [0.29, 0.717) is 36.8 Å². The number of methoxy groups -OCH3 is 1. The number of carbonyl (C=O) groups is 1. The molecule has 0 aromatic heterocycles. The number of rotatable bonds is 8. The lowest BCUT2D eigenvalue weighted by Crippen LogP contribution is -2.30. The monoisotopic (exact) mass is 322 g/mol. The molecule has 1 heterocycles. The van der Waals surface area contributed by atoms with Gasteiger partial charge in [0.15, 0.2) is 0 Å². The Labute approximate surface area is 137 Å². The highest BCUT2D eigenvalue weighted by Crippen LogP contribution is 2.30. The predicted octanol–water partition coefficient (Wildman–Crippen LogP) is 2.32. The summed E-state index contributed by atoms with van der Waals surface area (Å²) in [6.45, 7) is 3.15. The minimum Gasteiger partial charge on any atom is -0.497 e. The van der Waals surface area contributed by atoms with Gasteiger partial charge in [-0.1, -0.05) is 13.3 Å². The summed E-state index contributed by atoms with van der Waals surface area (Å²) < 4.78 is 16.6. The van der Waals surface area contributed by atoms with Crippen molar-refractivity contribution in [3.63, 3.8) is 0 Å². The SMILES string of the molecule is CCCCOc1ccc(OC)cc1NC(=O)[C@@H]1CC[C@H](CN)O1. The highest BCUT2D eigenvalue weighted by atomic mass is 16.5. The molecule has 2 atom stereocenters. The Morgan fingerprint density at radius 1 is 1.43 bits per heavy atom. The second-order valence-corrected chi connectivity index (χ2v) is 5.61. The second-order valence-electron chi connectivity index (χ2n) is 5.61. The van der Waals surface area contributed by atoms with Gasteiger partial charge in [-0.25, -0.2) is 0 Å². The average Bonchev–Trinajstić information content (AvgIpc) is 3.05. The first kappa shape index (κ1) is 17.6. The molecular weight excluding hydrogens is 296 g/mol. The number of amides is 1. The fourth-order valence-electron chi connectivity index (χ4n) is 2.47. The lowest BCUT2D eigenvalue weighted by Gasteiger charge is -2.16. The van der Waals surface area contributed by atoms with E-state index in [1.165, 1.54) is 0 Å². The van der Waals surface area contributed by atoms with Crippen molar-refractivity contribution in [2.24, 2.45) is 5.73 Å². The van der Waals surface area contributed by atoms with Crippen molar-refractivity contribution in [1.29, 1.82) is 0 Å². The summed E-state index contributed by atoms with van der Waals surface area (Å²) >= 11 is 0. The van der Waals surface area contributed by atoms with Crippen molar-refractivity contribution in [3.05, 3.63) is 18.2 Å². The van der Waals surface area contributed by atoms with Crippen LogP contribution in [0.15, 0.2) is 18.2 Å². The van der Waals surface area contributed by atoms with E-state index in [0.717, 1.165) is 19.3 Å². The number of nitrogens with one attached hydrogen (secondary N) is 1. The zero-order valence-corrected chi connectivity index (χ0v) is 13.8. The van der Waals surface area contributed by atoms with Gasteiger partial charge in [-0.15, -0.1) is 0 Å². The lowest BCUT2D eigenvalue weighted by molar-refractivity contribution is -0.126. The maximum atomic E-state index is 12.4. The Balaban J connectivity index is 2.05. The van der Waals surface area contributed by atoms with Gasteiger partial charge in [0, 0.05) is 12.6 Å². The third kappa shape index (κ3) is 4.84. The van der Waals surface area contributed by atoms with Gasteiger partial charge in [-0.05, 0) is 31.4 Å². The molecule has 128 valence electrons. The van der Waals surface area contributed by atoms with Gasteiger partial charge in [-0.3, -0.25) is 4.79 Å². The molecule has 0 radical (unpaired) electrons. The Kier molecular flexibility index (Phi) is 6.67. The highest BCUT2D eigenvalue weighted by Gasteiger charge is 2.30. The van der Waals surface area contributed by atoms with Crippen LogP contribution in [0.2, 0.25) is 0 Å². The van der Waals surface area contributed by atoms with E-state index in [1.807, 2.05) is 12.1 Å². The summed E-state index contributed by atoms with van der Waals surface area (Å²) in [5.74, 6) is 1.13. The standard InChI is InChI=1S/C17H26N2O4/c1-3-4-9-22-15-7-5-12(21-2)10-14(15)19-17(20)16-8-6-13(11-18)23-16/h5,7,10,13,16H,3-4,6,8-9,11,18H2,1-2H3,(H,19,20)/t13-,16+/m1/s1.